The van der Waals surface area contributed by atoms with Crippen LogP contribution in [0.1, 0.15) is 0 Å². The number of carboxylic acid groups (broad SMARTS) is 1. The second-order valence-electron chi connectivity index (χ2n) is 4.12. The van der Waals surface area contributed by atoms with Gasteiger partial charge in [-0.15, -0.1) is 0 Å². The molecule has 1 saturated carbocycles. The van der Waals surface area contributed by atoms with Crippen molar-refractivity contribution in [1.82, 2.24) is 0 Å². The van der Waals surface area contributed by atoms with Crippen LogP contribution in [0, 0.1) is 23.7 Å². The first-order valence-corrected chi connectivity index (χ1v) is 6.32. The van der Waals surface area contributed by atoms with Crippen LogP contribution in [0.4, 0.5) is 0 Å². The third-order valence-electron chi connectivity index (χ3n) is 3.41. The molecule has 0 bridgehead atoms. The van der Waals surface area contributed by atoms with Crippen LogP contribution in [0.25, 0.3) is 0 Å². The molecule has 1 heterocycles. The van der Waals surface area contributed by atoms with E-state index in [0.717, 1.165) is 0 Å². The number of hydrogen-bond donors (Lipinski definition) is 2. The fourth-order valence-corrected chi connectivity index (χ4v) is 5.02. The van der Waals surface area contributed by atoms with Crippen LogP contribution in [0.15, 0.2) is 0 Å². The van der Waals surface area contributed by atoms with Crippen molar-refractivity contribution < 1.29 is 23.4 Å². The Morgan fingerprint density at radius 3 is 2.36 bits per heavy atom. The predicted octanol–water partition coefficient (Wildman–Crippen LogP) is -1.03. The molecule has 4 atom stereocenters. The lowest BCUT2D eigenvalue weighted by atomic mass is 9.58. The van der Waals surface area contributed by atoms with Crippen molar-refractivity contribution in [3.63, 3.8) is 0 Å². The summed E-state index contributed by atoms with van der Waals surface area (Å²) in [5.41, 5.74) is 0. The van der Waals surface area contributed by atoms with Crippen molar-refractivity contribution in [3.05, 3.63) is 0 Å². The summed E-state index contributed by atoms with van der Waals surface area (Å²) in [6, 6.07) is 0. The summed E-state index contributed by atoms with van der Waals surface area (Å²) >= 11 is 0. The van der Waals surface area contributed by atoms with Gasteiger partial charge in [0.2, 0.25) is 0 Å². The highest BCUT2D eigenvalue weighted by Gasteiger charge is 2.59. The monoisotopic (exact) mass is 220 g/mol. The van der Waals surface area contributed by atoms with Gasteiger partial charge in [-0.2, -0.15) is 0 Å². The van der Waals surface area contributed by atoms with Gasteiger partial charge in [0.1, 0.15) is 0 Å². The van der Waals surface area contributed by atoms with Gasteiger partial charge in [0.05, 0.1) is 17.4 Å². The van der Waals surface area contributed by atoms with Gasteiger partial charge >= 0.3 is 5.97 Å². The van der Waals surface area contributed by atoms with Crippen molar-refractivity contribution in [2.75, 3.05) is 18.1 Å². The summed E-state index contributed by atoms with van der Waals surface area (Å²) in [5, 5.41) is 17.8. The largest absolute Gasteiger partial charge is 0.481 e. The molecule has 1 saturated heterocycles. The minimum absolute atomic E-state index is 0.0227. The molecule has 2 rings (SSSR count). The number of rotatable bonds is 2. The van der Waals surface area contributed by atoms with Gasteiger partial charge in [-0.1, -0.05) is 0 Å². The number of aliphatic carboxylic acids is 1. The molecule has 1 aliphatic heterocycles. The highest BCUT2D eigenvalue weighted by molar-refractivity contribution is 7.91. The summed E-state index contributed by atoms with van der Waals surface area (Å²) < 4.78 is 22.5. The molecule has 0 aromatic heterocycles. The lowest BCUT2D eigenvalue weighted by Gasteiger charge is -2.44. The highest BCUT2D eigenvalue weighted by Crippen LogP contribution is 2.51. The Morgan fingerprint density at radius 1 is 1.29 bits per heavy atom. The zero-order valence-corrected chi connectivity index (χ0v) is 8.27. The fourth-order valence-electron chi connectivity index (χ4n) is 2.77. The Bertz CT molecular complexity index is 360. The molecule has 0 aromatic carbocycles. The summed E-state index contributed by atoms with van der Waals surface area (Å²) in [6.07, 6.45) is 0. The number of aliphatic hydroxyl groups is 1. The van der Waals surface area contributed by atoms with Crippen LogP contribution >= 0.6 is 0 Å². The zero-order valence-electron chi connectivity index (χ0n) is 7.46. The van der Waals surface area contributed by atoms with E-state index < -0.39 is 21.7 Å². The second kappa shape index (κ2) is 2.93. The molecule has 0 amide bonds. The first-order valence-electron chi connectivity index (χ1n) is 4.50. The third-order valence-corrected chi connectivity index (χ3v) is 5.20. The molecule has 0 unspecified atom stereocenters. The van der Waals surface area contributed by atoms with Crippen molar-refractivity contribution in [1.29, 1.82) is 0 Å². The first kappa shape index (κ1) is 9.92. The lowest BCUT2D eigenvalue weighted by molar-refractivity contribution is -0.158. The van der Waals surface area contributed by atoms with E-state index in [4.69, 9.17) is 10.2 Å². The van der Waals surface area contributed by atoms with Crippen molar-refractivity contribution in [3.8, 4) is 0 Å². The molecule has 2 aliphatic rings. The first-order chi connectivity index (χ1) is 6.46. The maximum absolute atomic E-state index is 11.2. The van der Waals surface area contributed by atoms with E-state index in [9.17, 15) is 13.2 Å². The number of carbonyl (C=O) groups is 1. The molecule has 6 heteroatoms. The van der Waals surface area contributed by atoms with Gasteiger partial charge in [0.25, 0.3) is 0 Å². The van der Waals surface area contributed by atoms with E-state index in [2.05, 4.69) is 0 Å². The molecule has 0 aromatic rings. The van der Waals surface area contributed by atoms with Crippen molar-refractivity contribution in [2.45, 2.75) is 0 Å². The van der Waals surface area contributed by atoms with Crippen LogP contribution in [0.5, 0.6) is 0 Å². The van der Waals surface area contributed by atoms with Gasteiger partial charge in [0.15, 0.2) is 9.84 Å². The van der Waals surface area contributed by atoms with E-state index in [1.165, 1.54) is 0 Å². The molecule has 1 aliphatic carbocycles. The minimum atomic E-state index is -3.07. The van der Waals surface area contributed by atoms with E-state index in [-0.39, 0.29) is 35.9 Å². The van der Waals surface area contributed by atoms with Crippen LogP contribution < -0.4 is 0 Å². The lowest BCUT2D eigenvalue weighted by Crippen LogP contribution is -2.51. The minimum Gasteiger partial charge on any atom is -0.481 e. The summed E-state index contributed by atoms with van der Waals surface area (Å²) in [7, 11) is -3.07. The van der Waals surface area contributed by atoms with Gasteiger partial charge in [-0.3, -0.25) is 4.79 Å². The SMILES string of the molecule is O=C(O)[C@H]1[C@@H](CO)[C@@H]2CS(=O)(=O)C[C@@H]21. The Balaban J connectivity index is 2.21. The van der Waals surface area contributed by atoms with Gasteiger partial charge in [0, 0.05) is 6.61 Å². The smallest absolute Gasteiger partial charge is 0.307 e. The second-order valence-corrected chi connectivity index (χ2v) is 6.27. The Labute approximate surface area is 81.7 Å². The summed E-state index contributed by atoms with van der Waals surface area (Å²) in [4.78, 5) is 10.8. The summed E-state index contributed by atoms with van der Waals surface area (Å²) in [5.74, 6) is -2.39. The molecule has 0 radical (unpaired) electrons. The Kier molecular flexibility index (Phi) is 2.08. The maximum atomic E-state index is 11.2. The number of hydrogen-bond acceptors (Lipinski definition) is 4. The normalized spacial score (nSPS) is 44.1. The van der Waals surface area contributed by atoms with E-state index in [1.54, 1.807) is 0 Å². The topological polar surface area (TPSA) is 91.7 Å². The molecule has 80 valence electrons. The molecule has 5 nitrogen and oxygen atoms in total. The van der Waals surface area contributed by atoms with E-state index >= 15 is 0 Å². The van der Waals surface area contributed by atoms with E-state index in [0.29, 0.717) is 0 Å². The third kappa shape index (κ3) is 1.25. The van der Waals surface area contributed by atoms with Crippen LogP contribution in [0.3, 0.4) is 0 Å². The van der Waals surface area contributed by atoms with Gasteiger partial charge in [-0.25, -0.2) is 8.42 Å². The molecule has 14 heavy (non-hydrogen) atoms. The van der Waals surface area contributed by atoms with E-state index in [1.807, 2.05) is 0 Å². The average Bonchev–Trinajstić information content (AvgIpc) is 2.28. The molecule has 0 spiro atoms. The maximum Gasteiger partial charge on any atom is 0.307 e. The van der Waals surface area contributed by atoms with Crippen LogP contribution in [0.2, 0.25) is 0 Å². The molecular weight excluding hydrogens is 208 g/mol. The quantitative estimate of drug-likeness (QED) is 0.621. The predicted molar refractivity (Wildman–Crippen MR) is 47.3 cm³/mol. The highest BCUT2D eigenvalue weighted by atomic mass is 32.2. The average molecular weight is 220 g/mol. The number of carboxylic acids is 1. The summed E-state index contributed by atoms with van der Waals surface area (Å²) in [6.45, 7) is -0.229. The molecule has 2 fully saturated rings. The van der Waals surface area contributed by atoms with Crippen molar-refractivity contribution in [2.24, 2.45) is 23.7 Å². The standard InChI is InChI=1S/C8H12O5S/c9-1-4-5-2-14(12,13)3-6(5)7(4)8(10)11/h4-7,9H,1-3H2,(H,10,11)/t4-,5-,6-,7-/m0/s1. The number of fused-ring (bicyclic) bond motifs is 1. The Hall–Kier alpha value is -0.620. The zero-order chi connectivity index (χ0) is 10.5. The van der Waals surface area contributed by atoms with Gasteiger partial charge < -0.3 is 10.2 Å². The Morgan fingerprint density at radius 2 is 1.86 bits per heavy atom. The van der Waals surface area contributed by atoms with Gasteiger partial charge in [-0.05, 0) is 17.8 Å². The fraction of sp³-hybridized carbons (Fsp3) is 0.875. The van der Waals surface area contributed by atoms with Crippen LogP contribution in [-0.2, 0) is 14.6 Å². The van der Waals surface area contributed by atoms with Crippen LogP contribution in [-0.4, -0.2) is 42.7 Å². The molecule has 2 N–H and O–H groups in total. The number of sulfone groups is 1. The number of aliphatic hydroxyl groups excluding tert-OH is 1. The van der Waals surface area contributed by atoms with Crippen molar-refractivity contribution >= 4 is 15.8 Å². The molecular formula is C8H12O5S.